The Kier molecular flexibility index (Phi) is 6.18. The number of rotatable bonds is 7. The first-order valence-electron chi connectivity index (χ1n) is 9.97. The third kappa shape index (κ3) is 5.03. The van der Waals surface area contributed by atoms with E-state index in [1.165, 1.54) is 17.4 Å². The van der Waals surface area contributed by atoms with Crippen LogP contribution in [-0.4, -0.2) is 20.9 Å². The molecule has 0 atom stereocenters. The number of hydrogen-bond acceptors (Lipinski definition) is 5. The number of fused-ring (bicyclic) bond motifs is 1. The van der Waals surface area contributed by atoms with E-state index in [1.807, 2.05) is 13.0 Å². The van der Waals surface area contributed by atoms with Crippen LogP contribution in [-0.2, 0) is 17.6 Å². The summed E-state index contributed by atoms with van der Waals surface area (Å²) in [7, 11) is 0. The predicted molar refractivity (Wildman–Crippen MR) is 120 cm³/mol. The van der Waals surface area contributed by atoms with Crippen molar-refractivity contribution in [1.82, 2.24) is 15.0 Å². The smallest absolute Gasteiger partial charge is 0.258 e. The quantitative estimate of drug-likeness (QED) is 0.450. The highest BCUT2D eigenvalue weighted by Gasteiger charge is 2.13. The number of benzene rings is 2. The number of aromatic amines is 1. The molecule has 0 unspecified atom stereocenters. The highest BCUT2D eigenvalue weighted by molar-refractivity contribution is 7.15. The van der Waals surface area contributed by atoms with Crippen molar-refractivity contribution in [3.63, 3.8) is 0 Å². The lowest BCUT2D eigenvalue weighted by molar-refractivity contribution is -0.116. The Morgan fingerprint density at radius 2 is 1.90 bits per heavy atom. The molecular formula is C23H21FN4O2S. The van der Waals surface area contributed by atoms with Crippen LogP contribution in [0, 0.1) is 12.7 Å². The highest BCUT2D eigenvalue weighted by atomic mass is 32.1. The summed E-state index contributed by atoms with van der Waals surface area (Å²) in [5.41, 5.74) is 1.85. The maximum Gasteiger partial charge on any atom is 0.258 e. The fraction of sp³-hybridized carbons (Fsp3) is 0.217. The van der Waals surface area contributed by atoms with E-state index < -0.39 is 0 Å². The number of carbonyl (C=O) groups is 1. The third-order valence-corrected chi connectivity index (χ3v) is 6.00. The topological polar surface area (TPSA) is 87.7 Å². The third-order valence-electron chi connectivity index (χ3n) is 4.93. The molecule has 2 N–H and O–H groups in total. The molecule has 6 nitrogen and oxygen atoms in total. The molecule has 0 fully saturated rings. The first-order valence-corrected chi connectivity index (χ1v) is 10.8. The summed E-state index contributed by atoms with van der Waals surface area (Å²) in [6, 6.07) is 13.8. The molecule has 2 aromatic heterocycles. The van der Waals surface area contributed by atoms with E-state index in [0.29, 0.717) is 46.7 Å². The minimum Gasteiger partial charge on any atom is -0.310 e. The molecule has 0 radical (unpaired) electrons. The van der Waals surface area contributed by atoms with Crippen molar-refractivity contribution < 1.29 is 9.18 Å². The standard InChI is InChI=1S/C23H21FN4O2S/c1-14-19(13-15-7-2-4-9-17(15)24)31-23(25-14)28-21(29)12-6-11-20-26-18-10-5-3-8-16(18)22(30)27-20/h2-5,7-10H,6,11-13H2,1H3,(H,25,28,29)(H,26,27,30). The molecule has 0 bridgehead atoms. The summed E-state index contributed by atoms with van der Waals surface area (Å²) in [5, 5.41) is 3.87. The molecular weight excluding hydrogens is 415 g/mol. The number of halogens is 1. The van der Waals surface area contributed by atoms with Crippen molar-refractivity contribution in [2.75, 3.05) is 5.32 Å². The maximum absolute atomic E-state index is 13.9. The number of para-hydroxylation sites is 1. The number of aryl methyl sites for hydroxylation is 2. The largest absolute Gasteiger partial charge is 0.310 e. The van der Waals surface area contributed by atoms with Crippen LogP contribution in [0.3, 0.4) is 0 Å². The Labute approximate surface area is 182 Å². The molecule has 0 aliphatic heterocycles. The van der Waals surface area contributed by atoms with Crippen LogP contribution < -0.4 is 10.9 Å². The van der Waals surface area contributed by atoms with Gasteiger partial charge in [0.1, 0.15) is 11.6 Å². The number of nitrogens with one attached hydrogen (secondary N) is 2. The summed E-state index contributed by atoms with van der Waals surface area (Å²) in [6.45, 7) is 1.85. The van der Waals surface area contributed by atoms with Crippen molar-refractivity contribution in [3.05, 3.63) is 86.7 Å². The van der Waals surface area contributed by atoms with E-state index in [9.17, 15) is 14.0 Å². The van der Waals surface area contributed by atoms with Crippen molar-refractivity contribution in [2.24, 2.45) is 0 Å². The molecule has 4 aromatic rings. The average Bonchev–Trinajstić information content (AvgIpc) is 3.08. The Morgan fingerprint density at radius 1 is 1.13 bits per heavy atom. The lowest BCUT2D eigenvalue weighted by Gasteiger charge is -2.04. The normalized spacial score (nSPS) is 11.0. The van der Waals surface area contributed by atoms with Crippen molar-refractivity contribution in [1.29, 1.82) is 0 Å². The van der Waals surface area contributed by atoms with Gasteiger partial charge in [-0.15, -0.1) is 11.3 Å². The minimum absolute atomic E-state index is 0.158. The van der Waals surface area contributed by atoms with Crippen LogP contribution in [0.25, 0.3) is 10.9 Å². The fourth-order valence-electron chi connectivity index (χ4n) is 3.31. The Balaban J connectivity index is 1.33. The number of hydrogen-bond donors (Lipinski definition) is 2. The second kappa shape index (κ2) is 9.18. The summed E-state index contributed by atoms with van der Waals surface area (Å²) in [4.78, 5) is 37.0. The van der Waals surface area contributed by atoms with Crippen LogP contribution >= 0.6 is 11.3 Å². The Hall–Kier alpha value is -3.39. The summed E-state index contributed by atoms with van der Waals surface area (Å²) >= 11 is 1.36. The van der Waals surface area contributed by atoms with Gasteiger partial charge in [0, 0.05) is 24.1 Å². The predicted octanol–water partition coefficient (Wildman–Crippen LogP) is 4.38. The Bertz CT molecular complexity index is 1300. The molecule has 0 saturated heterocycles. The number of thiazole rings is 1. The lowest BCUT2D eigenvalue weighted by atomic mass is 10.1. The van der Waals surface area contributed by atoms with E-state index in [1.54, 1.807) is 36.4 Å². The van der Waals surface area contributed by atoms with Gasteiger partial charge in [-0.25, -0.2) is 14.4 Å². The average molecular weight is 437 g/mol. The van der Waals surface area contributed by atoms with Crippen molar-refractivity contribution in [2.45, 2.75) is 32.6 Å². The first kappa shape index (κ1) is 20.9. The van der Waals surface area contributed by atoms with Crippen molar-refractivity contribution in [3.8, 4) is 0 Å². The van der Waals surface area contributed by atoms with Gasteiger partial charge in [0.25, 0.3) is 5.56 Å². The molecule has 2 aromatic carbocycles. The van der Waals surface area contributed by atoms with Crippen LogP contribution in [0.2, 0.25) is 0 Å². The van der Waals surface area contributed by atoms with E-state index in [-0.39, 0.29) is 23.7 Å². The number of H-pyrrole nitrogens is 1. The number of anilines is 1. The zero-order valence-corrected chi connectivity index (χ0v) is 17.8. The molecule has 0 aliphatic carbocycles. The molecule has 8 heteroatoms. The van der Waals surface area contributed by atoms with Gasteiger partial charge in [0.05, 0.1) is 16.6 Å². The molecule has 31 heavy (non-hydrogen) atoms. The molecule has 1 amide bonds. The van der Waals surface area contributed by atoms with Gasteiger partial charge in [0.15, 0.2) is 5.13 Å². The molecule has 0 aliphatic rings. The number of carbonyl (C=O) groups excluding carboxylic acids is 1. The number of nitrogens with zero attached hydrogens (tertiary/aromatic N) is 2. The summed E-state index contributed by atoms with van der Waals surface area (Å²) in [6.07, 6.45) is 1.74. The number of amides is 1. The monoisotopic (exact) mass is 436 g/mol. The lowest BCUT2D eigenvalue weighted by Crippen LogP contribution is -2.14. The summed E-state index contributed by atoms with van der Waals surface area (Å²) < 4.78 is 13.9. The van der Waals surface area contributed by atoms with E-state index in [0.717, 1.165) is 10.6 Å². The Morgan fingerprint density at radius 3 is 2.74 bits per heavy atom. The zero-order valence-electron chi connectivity index (χ0n) is 16.9. The number of aromatic nitrogens is 3. The molecule has 0 saturated carbocycles. The van der Waals surface area contributed by atoms with Gasteiger partial charge in [-0.2, -0.15) is 0 Å². The van der Waals surface area contributed by atoms with Crippen LogP contribution in [0.4, 0.5) is 9.52 Å². The van der Waals surface area contributed by atoms with E-state index >= 15 is 0 Å². The van der Waals surface area contributed by atoms with E-state index in [4.69, 9.17) is 0 Å². The minimum atomic E-state index is -0.249. The molecule has 0 spiro atoms. The molecule has 2 heterocycles. The second-order valence-corrected chi connectivity index (χ2v) is 8.31. The molecule has 158 valence electrons. The van der Waals surface area contributed by atoms with Gasteiger partial charge in [-0.3, -0.25) is 9.59 Å². The van der Waals surface area contributed by atoms with Gasteiger partial charge in [-0.1, -0.05) is 30.3 Å². The van der Waals surface area contributed by atoms with Crippen molar-refractivity contribution >= 4 is 33.3 Å². The van der Waals surface area contributed by atoms with Gasteiger partial charge >= 0.3 is 0 Å². The van der Waals surface area contributed by atoms with Gasteiger partial charge in [0.2, 0.25) is 5.91 Å². The highest BCUT2D eigenvalue weighted by Crippen LogP contribution is 2.26. The van der Waals surface area contributed by atoms with Crippen LogP contribution in [0.15, 0.2) is 53.3 Å². The SMILES string of the molecule is Cc1nc(NC(=O)CCCc2nc3ccccc3c(=O)[nH]2)sc1Cc1ccccc1F. The van der Waals surface area contributed by atoms with E-state index in [2.05, 4.69) is 20.3 Å². The summed E-state index contributed by atoms with van der Waals surface area (Å²) in [5.74, 6) is 0.157. The maximum atomic E-state index is 13.9. The first-order chi connectivity index (χ1) is 15.0. The fourth-order valence-corrected chi connectivity index (χ4v) is 4.31. The van der Waals surface area contributed by atoms with Gasteiger partial charge in [-0.05, 0) is 37.1 Å². The van der Waals surface area contributed by atoms with Gasteiger partial charge < -0.3 is 10.3 Å². The second-order valence-electron chi connectivity index (χ2n) is 7.23. The van der Waals surface area contributed by atoms with Crippen LogP contribution in [0.1, 0.15) is 34.8 Å². The zero-order chi connectivity index (χ0) is 21.8. The molecule has 4 rings (SSSR count). The van der Waals surface area contributed by atoms with Crippen LogP contribution in [0.5, 0.6) is 0 Å².